The van der Waals surface area contributed by atoms with Gasteiger partial charge in [0.25, 0.3) is 0 Å². The molecule has 0 amide bonds. The first-order valence-electron chi connectivity index (χ1n) is 7.50. The molecule has 0 fully saturated rings. The van der Waals surface area contributed by atoms with Gasteiger partial charge >= 0.3 is 0 Å². The predicted octanol–water partition coefficient (Wildman–Crippen LogP) is 2.77. The first-order chi connectivity index (χ1) is 9.99. The van der Waals surface area contributed by atoms with Gasteiger partial charge < -0.3 is 10.1 Å². The monoisotopic (exact) mass is 285 g/mol. The zero-order chi connectivity index (χ0) is 14.9. The van der Waals surface area contributed by atoms with E-state index in [9.17, 15) is 0 Å². The maximum absolute atomic E-state index is 5.96. The van der Waals surface area contributed by atoms with Crippen molar-refractivity contribution in [1.29, 1.82) is 0 Å². The fourth-order valence-electron chi connectivity index (χ4n) is 2.53. The van der Waals surface area contributed by atoms with Crippen LogP contribution in [0, 0.1) is 0 Å². The van der Waals surface area contributed by atoms with Crippen LogP contribution in [0.3, 0.4) is 0 Å². The summed E-state index contributed by atoms with van der Waals surface area (Å²) in [6, 6.07) is 8.26. The summed E-state index contributed by atoms with van der Waals surface area (Å²) in [5.41, 5.74) is 2.63. The van der Waals surface area contributed by atoms with Crippen LogP contribution in [0.1, 0.15) is 31.9 Å². The summed E-state index contributed by atoms with van der Waals surface area (Å²) >= 11 is 0. The zero-order valence-corrected chi connectivity index (χ0v) is 13.0. The van der Waals surface area contributed by atoms with Gasteiger partial charge in [0.1, 0.15) is 11.9 Å². The lowest BCUT2D eigenvalue weighted by Crippen LogP contribution is -2.34. The third-order valence-corrected chi connectivity index (χ3v) is 3.61. The lowest BCUT2D eigenvalue weighted by Gasteiger charge is -2.19. The van der Waals surface area contributed by atoms with Crippen molar-refractivity contribution in [3.63, 3.8) is 0 Å². The predicted molar refractivity (Wildman–Crippen MR) is 83.4 cm³/mol. The standard InChI is InChI=1S/C17H23N3O/c1-17(2,3)18-9-13-10-19-20(11-13)12-15-8-14-6-4-5-7-16(14)21-15/h4-7,10-11,15,18H,8-9,12H2,1-3H3. The summed E-state index contributed by atoms with van der Waals surface area (Å²) in [5, 5.41) is 7.91. The Morgan fingerprint density at radius 2 is 2.14 bits per heavy atom. The average molecular weight is 285 g/mol. The molecule has 1 aliphatic rings. The minimum atomic E-state index is 0.123. The molecule has 1 N–H and O–H groups in total. The highest BCUT2D eigenvalue weighted by atomic mass is 16.5. The normalized spacial score (nSPS) is 17.6. The largest absolute Gasteiger partial charge is 0.488 e. The number of aromatic nitrogens is 2. The molecular formula is C17H23N3O. The lowest BCUT2D eigenvalue weighted by molar-refractivity contribution is 0.203. The van der Waals surface area contributed by atoms with E-state index in [-0.39, 0.29) is 11.6 Å². The summed E-state index contributed by atoms with van der Waals surface area (Å²) in [6.07, 6.45) is 5.18. The second kappa shape index (κ2) is 5.53. The van der Waals surface area contributed by atoms with Gasteiger partial charge in [0.05, 0.1) is 12.7 Å². The van der Waals surface area contributed by atoms with Gasteiger partial charge in [0, 0.05) is 30.3 Å². The van der Waals surface area contributed by atoms with Crippen LogP contribution < -0.4 is 10.1 Å². The van der Waals surface area contributed by atoms with Gasteiger partial charge in [-0.2, -0.15) is 5.10 Å². The number of hydrogen-bond donors (Lipinski definition) is 1. The zero-order valence-electron chi connectivity index (χ0n) is 13.0. The summed E-state index contributed by atoms with van der Waals surface area (Å²) in [5.74, 6) is 1.02. The van der Waals surface area contributed by atoms with Gasteiger partial charge in [-0.25, -0.2) is 0 Å². The Kier molecular flexibility index (Phi) is 3.72. The van der Waals surface area contributed by atoms with Crippen LogP contribution in [0.15, 0.2) is 36.7 Å². The van der Waals surface area contributed by atoms with Crippen molar-refractivity contribution in [3.8, 4) is 5.75 Å². The van der Waals surface area contributed by atoms with Crippen LogP contribution in [0.2, 0.25) is 0 Å². The number of nitrogens with one attached hydrogen (secondary N) is 1. The SMILES string of the molecule is CC(C)(C)NCc1cnn(CC2Cc3ccccc3O2)c1. The summed E-state index contributed by atoms with van der Waals surface area (Å²) in [6.45, 7) is 8.14. The highest BCUT2D eigenvalue weighted by Gasteiger charge is 2.22. The Bertz CT molecular complexity index is 587. The van der Waals surface area contributed by atoms with Gasteiger partial charge in [-0.3, -0.25) is 4.68 Å². The molecule has 0 bridgehead atoms. The number of para-hydroxylation sites is 1. The first kappa shape index (κ1) is 14.1. The molecule has 1 aromatic heterocycles. The van der Waals surface area contributed by atoms with Crippen molar-refractivity contribution in [2.45, 2.75) is 51.9 Å². The molecule has 2 aromatic rings. The molecule has 0 saturated carbocycles. The molecule has 1 aromatic carbocycles. The second-order valence-corrected chi connectivity index (χ2v) is 6.73. The van der Waals surface area contributed by atoms with Crippen LogP contribution in [-0.4, -0.2) is 21.4 Å². The molecule has 1 aliphatic heterocycles. The molecule has 112 valence electrons. The number of benzene rings is 1. The van der Waals surface area contributed by atoms with Crippen molar-refractivity contribution < 1.29 is 4.74 Å². The van der Waals surface area contributed by atoms with Crippen molar-refractivity contribution in [1.82, 2.24) is 15.1 Å². The van der Waals surface area contributed by atoms with Gasteiger partial charge in [0.15, 0.2) is 0 Å². The van der Waals surface area contributed by atoms with E-state index in [0.717, 1.165) is 25.3 Å². The van der Waals surface area contributed by atoms with Gasteiger partial charge in [0.2, 0.25) is 0 Å². The lowest BCUT2D eigenvalue weighted by atomic mass is 10.1. The second-order valence-electron chi connectivity index (χ2n) is 6.73. The smallest absolute Gasteiger partial charge is 0.123 e. The van der Waals surface area contributed by atoms with Crippen LogP contribution in [-0.2, 0) is 19.5 Å². The van der Waals surface area contributed by atoms with E-state index >= 15 is 0 Å². The molecular weight excluding hydrogens is 262 g/mol. The fraction of sp³-hybridized carbons (Fsp3) is 0.471. The van der Waals surface area contributed by atoms with E-state index in [4.69, 9.17) is 4.74 Å². The molecule has 21 heavy (non-hydrogen) atoms. The van der Waals surface area contributed by atoms with E-state index in [0.29, 0.717) is 0 Å². The number of hydrogen-bond acceptors (Lipinski definition) is 3. The summed E-state index contributed by atoms with van der Waals surface area (Å²) < 4.78 is 7.94. The molecule has 0 radical (unpaired) electrons. The molecule has 0 aliphatic carbocycles. The average Bonchev–Trinajstić information content (AvgIpc) is 3.01. The Balaban J connectivity index is 1.56. The minimum absolute atomic E-state index is 0.123. The van der Waals surface area contributed by atoms with E-state index in [2.05, 4.69) is 49.5 Å². The van der Waals surface area contributed by atoms with Gasteiger partial charge in [-0.05, 0) is 32.4 Å². The van der Waals surface area contributed by atoms with Crippen molar-refractivity contribution >= 4 is 0 Å². The van der Waals surface area contributed by atoms with E-state index in [1.54, 1.807) is 0 Å². The third-order valence-electron chi connectivity index (χ3n) is 3.61. The van der Waals surface area contributed by atoms with Crippen LogP contribution in [0.5, 0.6) is 5.75 Å². The highest BCUT2D eigenvalue weighted by Crippen LogP contribution is 2.28. The molecule has 0 saturated heterocycles. The van der Waals surface area contributed by atoms with E-state index in [1.807, 2.05) is 23.0 Å². The Morgan fingerprint density at radius 3 is 2.90 bits per heavy atom. The van der Waals surface area contributed by atoms with E-state index < -0.39 is 0 Å². The number of fused-ring (bicyclic) bond motifs is 1. The molecule has 1 atom stereocenters. The number of rotatable bonds is 4. The maximum Gasteiger partial charge on any atom is 0.123 e. The molecule has 0 spiro atoms. The van der Waals surface area contributed by atoms with Crippen LogP contribution in [0.4, 0.5) is 0 Å². The topological polar surface area (TPSA) is 39.1 Å². The molecule has 3 rings (SSSR count). The van der Waals surface area contributed by atoms with Crippen molar-refractivity contribution in [3.05, 3.63) is 47.8 Å². The minimum Gasteiger partial charge on any atom is -0.488 e. The first-order valence-corrected chi connectivity index (χ1v) is 7.50. The van der Waals surface area contributed by atoms with Crippen LogP contribution in [0.25, 0.3) is 0 Å². The molecule has 1 unspecified atom stereocenters. The van der Waals surface area contributed by atoms with Gasteiger partial charge in [-0.1, -0.05) is 18.2 Å². The highest BCUT2D eigenvalue weighted by molar-refractivity contribution is 5.37. The third kappa shape index (κ3) is 3.64. The van der Waals surface area contributed by atoms with Crippen molar-refractivity contribution in [2.75, 3.05) is 0 Å². The maximum atomic E-state index is 5.96. The van der Waals surface area contributed by atoms with Gasteiger partial charge in [-0.15, -0.1) is 0 Å². The Morgan fingerprint density at radius 1 is 1.33 bits per heavy atom. The molecule has 4 heteroatoms. The molecule has 2 heterocycles. The Labute approximate surface area is 126 Å². The summed E-state index contributed by atoms with van der Waals surface area (Å²) in [4.78, 5) is 0. The number of ether oxygens (including phenoxy) is 1. The summed E-state index contributed by atoms with van der Waals surface area (Å²) in [7, 11) is 0. The van der Waals surface area contributed by atoms with Crippen molar-refractivity contribution in [2.24, 2.45) is 0 Å². The van der Waals surface area contributed by atoms with E-state index in [1.165, 1.54) is 11.1 Å². The van der Waals surface area contributed by atoms with Crippen LogP contribution >= 0.6 is 0 Å². The quantitative estimate of drug-likeness (QED) is 0.939. The Hall–Kier alpha value is -1.81. The number of nitrogens with zero attached hydrogens (tertiary/aromatic N) is 2. The molecule has 4 nitrogen and oxygen atoms in total. The fourth-order valence-corrected chi connectivity index (χ4v) is 2.53.